The molecule has 1 aromatic carbocycles. The molecule has 1 N–H and O–H groups in total. The Hall–Kier alpha value is -1.83. The third-order valence-electron chi connectivity index (χ3n) is 6.16. The van der Waals surface area contributed by atoms with E-state index in [2.05, 4.69) is 53.2 Å². The number of rotatable bonds is 6. The van der Waals surface area contributed by atoms with Gasteiger partial charge >= 0.3 is 0 Å². The lowest BCUT2D eigenvalue weighted by molar-refractivity contribution is -0.126. The van der Waals surface area contributed by atoms with E-state index in [0.717, 1.165) is 31.5 Å². The molecule has 4 heteroatoms. The smallest absolute Gasteiger partial charge is 0.223 e. The van der Waals surface area contributed by atoms with Crippen LogP contribution in [0.4, 0.5) is 0 Å². The van der Waals surface area contributed by atoms with E-state index in [0.29, 0.717) is 25.1 Å². The lowest BCUT2D eigenvalue weighted by Crippen LogP contribution is -2.47. The number of methoxy groups -OCH3 is 1. The van der Waals surface area contributed by atoms with Crippen molar-refractivity contribution in [2.45, 2.75) is 51.5 Å². The van der Waals surface area contributed by atoms with Crippen molar-refractivity contribution in [2.24, 2.45) is 11.8 Å². The van der Waals surface area contributed by atoms with E-state index in [-0.39, 0.29) is 11.8 Å². The molecule has 2 fully saturated rings. The van der Waals surface area contributed by atoms with Crippen molar-refractivity contribution in [3.05, 3.63) is 35.4 Å². The van der Waals surface area contributed by atoms with Crippen LogP contribution in [0.1, 0.15) is 49.7 Å². The second kappa shape index (κ2) is 10.6. The Balaban J connectivity index is 1.61. The van der Waals surface area contributed by atoms with Crippen LogP contribution in [-0.2, 0) is 9.53 Å². The average Bonchev–Trinajstić information content (AvgIpc) is 3.25. The molecule has 0 aromatic heterocycles. The molecule has 1 saturated heterocycles. The topological polar surface area (TPSA) is 41.6 Å². The minimum absolute atomic E-state index is 0.127. The molecule has 0 radical (unpaired) electrons. The number of aryl methyl sites for hydroxylation is 1. The van der Waals surface area contributed by atoms with Crippen LogP contribution >= 0.6 is 0 Å². The van der Waals surface area contributed by atoms with Gasteiger partial charge in [-0.1, -0.05) is 42.4 Å². The number of carbonyl (C=O) groups is 1. The van der Waals surface area contributed by atoms with Gasteiger partial charge in [0.05, 0.1) is 12.6 Å². The van der Waals surface area contributed by atoms with Crippen LogP contribution in [0.15, 0.2) is 24.3 Å². The molecule has 1 aliphatic heterocycles. The molecule has 1 saturated carbocycles. The maximum atomic E-state index is 12.3. The standard InChI is InChI=1S/C24H34N2O2/c1-19-7-9-20(10-8-19)11-12-23(21-5-3-4-6-21)26-16-13-22(14-17-26)24(27)25-15-18-28-2/h7-10,21-23H,3-6,13-18H2,1-2H3,(H,25,27). The second-order valence-corrected chi connectivity index (χ2v) is 8.22. The summed E-state index contributed by atoms with van der Waals surface area (Å²) in [7, 11) is 1.66. The summed E-state index contributed by atoms with van der Waals surface area (Å²) in [6.07, 6.45) is 7.06. The van der Waals surface area contributed by atoms with Crippen LogP contribution in [0.5, 0.6) is 0 Å². The third-order valence-corrected chi connectivity index (χ3v) is 6.16. The molecule has 152 valence electrons. The molecule has 1 amide bonds. The fourth-order valence-corrected chi connectivity index (χ4v) is 4.44. The summed E-state index contributed by atoms with van der Waals surface area (Å²) in [5.41, 5.74) is 2.37. The number of nitrogens with zero attached hydrogens (tertiary/aromatic N) is 1. The summed E-state index contributed by atoms with van der Waals surface area (Å²) in [4.78, 5) is 14.9. The molecule has 1 heterocycles. The van der Waals surface area contributed by atoms with Gasteiger partial charge in [0, 0.05) is 38.2 Å². The van der Waals surface area contributed by atoms with Gasteiger partial charge in [0.15, 0.2) is 0 Å². The molecule has 1 unspecified atom stereocenters. The quantitative estimate of drug-likeness (QED) is 0.606. The number of benzene rings is 1. The van der Waals surface area contributed by atoms with Crippen LogP contribution < -0.4 is 5.32 Å². The molecule has 2 aliphatic rings. The second-order valence-electron chi connectivity index (χ2n) is 8.22. The van der Waals surface area contributed by atoms with Crippen molar-refractivity contribution in [3.8, 4) is 11.8 Å². The maximum absolute atomic E-state index is 12.3. The largest absolute Gasteiger partial charge is 0.383 e. The first-order chi connectivity index (χ1) is 13.7. The van der Waals surface area contributed by atoms with Gasteiger partial charge in [-0.05, 0) is 50.7 Å². The Kier molecular flexibility index (Phi) is 7.94. The molecule has 1 atom stereocenters. The number of amides is 1. The maximum Gasteiger partial charge on any atom is 0.223 e. The number of carbonyl (C=O) groups excluding carboxylic acids is 1. The van der Waals surface area contributed by atoms with Gasteiger partial charge in [0.2, 0.25) is 5.91 Å². The molecule has 1 aromatic rings. The Morgan fingerprint density at radius 3 is 2.50 bits per heavy atom. The van der Waals surface area contributed by atoms with E-state index in [1.807, 2.05) is 0 Å². The van der Waals surface area contributed by atoms with Crippen molar-refractivity contribution < 1.29 is 9.53 Å². The predicted molar refractivity (Wildman–Crippen MR) is 113 cm³/mol. The Labute approximate surface area is 170 Å². The highest BCUT2D eigenvalue weighted by Gasteiger charge is 2.33. The molecule has 0 bridgehead atoms. The number of likely N-dealkylation sites (tertiary alicyclic amines) is 1. The number of hydrogen-bond donors (Lipinski definition) is 1. The van der Waals surface area contributed by atoms with E-state index in [1.165, 1.54) is 31.2 Å². The zero-order valence-electron chi connectivity index (χ0n) is 17.4. The minimum Gasteiger partial charge on any atom is -0.383 e. The van der Waals surface area contributed by atoms with Gasteiger partial charge in [-0.2, -0.15) is 0 Å². The van der Waals surface area contributed by atoms with Gasteiger partial charge in [0.1, 0.15) is 0 Å². The van der Waals surface area contributed by atoms with E-state index in [9.17, 15) is 4.79 Å². The molecular weight excluding hydrogens is 348 g/mol. The predicted octanol–water partition coefficient (Wildman–Crippen LogP) is 3.38. The summed E-state index contributed by atoms with van der Waals surface area (Å²) < 4.78 is 5.02. The summed E-state index contributed by atoms with van der Waals surface area (Å²) >= 11 is 0. The van der Waals surface area contributed by atoms with Crippen LogP contribution in [-0.4, -0.2) is 50.2 Å². The van der Waals surface area contributed by atoms with Gasteiger partial charge < -0.3 is 10.1 Å². The normalized spacial score (nSPS) is 19.8. The van der Waals surface area contributed by atoms with Crippen molar-refractivity contribution in [1.82, 2.24) is 10.2 Å². The van der Waals surface area contributed by atoms with Gasteiger partial charge in [0.25, 0.3) is 0 Å². The summed E-state index contributed by atoms with van der Waals surface area (Å²) in [6, 6.07) is 8.81. The molecule has 28 heavy (non-hydrogen) atoms. The Morgan fingerprint density at radius 2 is 1.86 bits per heavy atom. The summed E-state index contributed by atoms with van der Waals surface area (Å²) in [5.74, 6) is 8.02. The number of nitrogens with one attached hydrogen (secondary N) is 1. The Morgan fingerprint density at radius 1 is 1.18 bits per heavy atom. The van der Waals surface area contributed by atoms with E-state index < -0.39 is 0 Å². The van der Waals surface area contributed by atoms with Crippen molar-refractivity contribution in [1.29, 1.82) is 0 Å². The zero-order chi connectivity index (χ0) is 19.8. The highest BCUT2D eigenvalue weighted by Crippen LogP contribution is 2.32. The number of ether oxygens (including phenoxy) is 1. The minimum atomic E-state index is 0.127. The van der Waals surface area contributed by atoms with Crippen molar-refractivity contribution in [3.63, 3.8) is 0 Å². The first kappa shape index (κ1) is 20.9. The van der Waals surface area contributed by atoms with Crippen LogP contribution in [0.25, 0.3) is 0 Å². The average molecular weight is 383 g/mol. The molecular formula is C24H34N2O2. The van der Waals surface area contributed by atoms with E-state index >= 15 is 0 Å². The fourth-order valence-electron chi connectivity index (χ4n) is 4.44. The molecule has 1 aliphatic carbocycles. The van der Waals surface area contributed by atoms with E-state index in [1.54, 1.807) is 7.11 Å². The zero-order valence-corrected chi connectivity index (χ0v) is 17.4. The monoisotopic (exact) mass is 382 g/mol. The lowest BCUT2D eigenvalue weighted by atomic mass is 9.90. The van der Waals surface area contributed by atoms with Crippen LogP contribution in [0, 0.1) is 30.6 Å². The lowest BCUT2D eigenvalue weighted by Gasteiger charge is -2.37. The SMILES string of the molecule is COCCNC(=O)C1CCN(C(C#Cc2ccc(C)cc2)C2CCCC2)CC1. The highest BCUT2D eigenvalue weighted by atomic mass is 16.5. The first-order valence-electron chi connectivity index (χ1n) is 10.8. The van der Waals surface area contributed by atoms with Crippen molar-refractivity contribution >= 4 is 5.91 Å². The summed E-state index contributed by atoms with van der Waals surface area (Å²) in [6.45, 7) is 5.21. The Bertz CT molecular complexity index is 675. The van der Waals surface area contributed by atoms with Crippen molar-refractivity contribution in [2.75, 3.05) is 33.4 Å². The van der Waals surface area contributed by atoms with E-state index in [4.69, 9.17) is 4.74 Å². The van der Waals surface area contributed by atoms with Gasteiger partial charge in [-0.25, -0.2) is 0 Å². The van der Waals surface area contributed by atoms with Crippen LogP contribution in [0.3, 0.4) is 0 Å². The van der Waals surface area contributed by atoms with Crippen LogP contribution in [0.2, 0.25) is 0 Å². The number of piperidine rings is 1. The van der Waals surface area contributed by atoms with Gasteiger partial charge in [-0.15, -0.1) is 0 Å². The molecule has 4 nitrogen and oxygen atoms in total. The molecule has 3 rings (SSSR count). The summed E-state index contributed by atoms with van der Waals surface area (Å²) in [5, 5.41) is 2.99. The van der Waals surface area contributed by atoms with Gasteiger partial charge in [-0.3, -0.25) is 9.69 Å². The highest BCUT2D eigenvalue weighted by molar-refractivity contribution is 5.78. The first-order valence-corrected chi connectivity index (χ1v) is 10.8. The third kappa shape index (κ3) is 5.83. The molecule has 0 spiro atoms. The number of hydrogen-bond acceptors (Lipinski definition) is 3. The fraction of sp³-hybridized carbons (Fsp3) is 0.625.